The van der Waals surface area contributed by atoms with Gasteiger partial charge in [0, 0.05) is 56.0 Å². The number of carboxylic acids is 1. The van der Waals surface area contributed by atoms with E-state index >= 15 is 0 Å². The van der Waals surface area contributed by atoms with Crippen LogP contribution in [0.15, 0.2) is 107 Å². The molecule has 20 nitrogen and oxygen atoms in total. The highest BCUT2D eigenvalue weighted by Crippen LogP contribution is 2.28. The van der Waals surface area contributed by atoms with Crippen LogP contribution in [0.3, 0.4) is 0 Å². The molecule has 1 aliphatic rings. The van der Waals surface area contributed by atoms with E-state index in [-0.39, 0.29) is 80.5 Å². The first-order valence-electron chi connectivity index (χ1n) is 21.7. The number of carboxylic acid groups (broad SMARTS) is 1. The molecular weight excluding hydrogens is 923 g/mol. The second-order valence-electron chi connectivity index (χ2n) is 15.3. The van der Waals surface area contributed by atoms with Crippen molar-refractivity contribution in [3.63, 3.8) is 0 Å². The van der Waals surface area contributed by atoms with Gasteiger partial charge in [0.1, 0.15) is 53.5 Å². The number of morpholine rings is 1. The van der Waals surface area contributed by atoms with Crippen molar-refractivity contribution in [3.8, 4) is 45.8 Å². The van der Waals surface area contributed by atoms with Crippen molar-refractivity contribution < 1.29 is 50.8 Å². The van der Waals surface area contributed by atoms with E-state index in [1.165, 1.54) is 29.3 Å². The summed E-state index contributed by atoms with van der Waals surface area (Å²) in [5.41, 5.74) is 3.50. The number of halogens is 4. The third-order valence-electron chi connectivity index (χ3n) is 10.5. The molecule has 1 aliphatic heterocycles. The van der Waals surface area contributed by atoms with Gasteiger partial charge in [0.05, 0.1) is 62.9 Å². The van der Waals surface area contributed by atoms with E-state index in [0.717, 1.165) is 25.5 Å². The number of anilines is 2. The molecule has 1 fully saturated rings. The molecule has 0 bridgehead atoms. The molecule has 0 amide bonds. The number of esters is 1. The third kappa shape index (κ3) is 12.6. The fourth-order valence-corrected chi connectivity index (χ4v) is 6.96. The predicted molar refractivity (Wildman–Crippen MR) is 240 cm³/mol. The number of ether oxygens (including phenoxy) is 2. The average molecular weight is 966 g/mol. The Kier molecular flexibility index (Phi) is 15.9. The quantitative estimate of drug-likeness (QED) is 0.0603. The van der Waals surface area contributed by atoms with Gasteiger partial charge in [0.25, 0.3) is 0 Å². The Labute approximate surface area is 395 Å². The Morgan fingerprint density at radius 3 is 1.63 bits per heavy atom. The van der Waals surface area contributed by atoms with Crippen LogP contribution < -0.4 is 10.6 Å². The van der Waals surface area contributed by atoms with E-state index in [1.54, 1.807) is 65.3 Å². The molecule has 0 spiro atoms. The molecule has 6 aromatic heterocycles. The second-order valence-corrected chi connectivity index (χ2v) is 15.3. The van der Waals surface area contributed by atoms with Crippen LogP contribution in [-0.4, -0.2) is 124 Å². The van der Waals surface area contributed by atoms with Gasteiger partial charge in [-0.2, -0.15) is 10.2 Å². The SMILES string of the molecule is O=C(CCNc1nc(-c2cc(-c3ccon3)n(Cc3ccccc3F)n2)ncc1F)OCCN1CCOCC1.O=C(O)CCNc1nc(-c2cc(-c3ccon3)n(Cc3ccccc3F)n2)ncc1F. The Balaban J connectivity index is 0.000000193. The van der Waals surface area contributed by atoms with Crippen LogP contribution in [0.2, 0.25) is 0 Å². The van der Waals surface area contributed by atoms with Crippen LogP contribution >= 0.6 is 0 Å². The molecular formula is C46H43F4N13O7. The molecule has 0 radical (unpaired) electrons. The molecule has 2 aromatic carbocycles. The standard InChI is InChI=1S/C26H27F2N7O4.C20H16F2N6O3/c27-19-4-2-1-3-18(19)17-35-23(21-6-11-39-33-21)15-22(32-35)26-30-16-20(28)25(31-26)29-7-5-24(36)38-14-10-34-8-12-37-13-9-34;21-13-4-2-1-3-12(13)11-28-17(15-6-8-31-27-15)9-16(26-28)20-24-10-14(22)19(25-20)23-7-5-18(29)30/h1-4,6,11,15-16H,5,7-10,12-14,17H2,(H,29,30,31);1-4,6,8-10H,5,7,11H2,(H,29,30)(H,23,24,25). The smallest absolute Gasteiger partial charge is 0.307 e. The van der Waals surface area contributed by atoms with E-state index in [4.69, 9.17) is 23.6 Å². The summed E-state index contributed by atoms with van der Waals surface area (Å²) in [6.07, 6.45) is 4.64. The van der Waals surface area contributed by atoms with Gasteiger partial charge in [-0.05, 0) is 24.3 Å². The molecule has 0 unspecified atom stereocenters. The van der Waals surface area contributed by atoms with Gasteiger partial charge >= 0.3 is 11.9 Å². The fraction of sp³-hybridized carbons (Fsp3) is 0.261. The molecule has 9 rings (SSSR count). The molecule has 0 atom stereocenters. The molecule has 0 aliphatic carbocycles. The third-order valence-corrected chi connectivity index (χ3v) is 10.5. The summed E-state index contributed by atoms with van der Waals surface area (Å²) in [5.74, 6) is -3.54. The molecule has 8 aromatic rings. The lowest BCUT2D eigenvalue weighted by atomic mass is 10.2. The van der Waals surface area contributed by atoms with Crippen LogP contribution in [0, 0.1) is 23.3 Å². The summed E-state index contributed by atoms with van der Waals surface area (Å²) in [4.78, 5) is 41.4. The van der Waals surface area contributed by atoms with Crippen molar-refractivity contribution >= 4 is 23.6 Å². The average Bonchev–Trinajstić information content (AvgIpc) is 4.21. The monoisotopic (exact) mass is 965 g/mol. The minimum absolute atomic E-state index is 0.00534. The number of aliphatic carboxylic acids is 1. The minimum atomic E-state index is -1.02. The van der Waals surface area contributed by atoms with E-state index in [0.29, 0.717) is 65.0 Å². The Bertz CT molecular complexity index is 3000. The maximum Gasteiger partial charge on any atom is 0.307 e. The molecule has 362 valence electrons. The van der Waals surface area contributed by atoms with Crippen molar-refractivity contribution in [1.29, 1.82) is 0 Å². The Hall–Kier alpha value is -8.38. The van der Waals surface area contributed by atoms with Crippen molar-refractivity contribution in [3.05, 3.63) is 132 Å². The highest BCUT2D eigenvalue weighted by molar-refractivity contribution is 5.70. The number of carbonyl (C=O) groups is 2. The van der Waals surface area contributed by atoms with Gasteiger partial charge in [-0.15, -0.1) is 0 Å². The van der Waals surface area contributed by atoms with Gasteiger partial charge in [-0.3, -0.25) is 23.9 Å². The normalized spacial score (nSPS) is 12.6. The second kappa shape index (κ2) is 23.1. The number of carbonyl (C=O) groups excluding carboxylic acids is 1. The summed E-state index contributed by atoms with van der Waals surface area (Å²) >= 11 is 0. The lowest BCUT2D eigenvalue weighted by Crippen LogP contribution is -2.38. The van der Waals surface area contributed by atoms with Gasteiger partial charge in [0.15, 0.2) is 34.9 Å². The number of nitrogens with zero attached hydrogens (tertiary/aromatic N) is 11. The zero-order valence-corrected chi connectivity index (χ0v) is 37.1. The maximum atomic E-state index is 14.4. The van der Waals surface area contributed by atoms with Crippen molar-refractivity contribution in [2.45, 2.75) is 25.9 Å². The fourth-order valence-electron chi connectivity index (χ4n) is 6.96. The first kappa shape index (κ1) is 48.1. The lowest BCUT2D eigenvalue weighted by Gasteiger charge is -2.26. The van der Waals surface area contributed by atoms with Crippen LogP contribution in [0.4, 0.5) is 29.2 Å². The van der Waals surface area contributed by atoms with E-state index in [2.05, 4.69) is 56.0 Å². The van der Waals surface area contributed by atoms with Crippen molar-refractivity contribution in [1.82, 2.24) is 54.7 Å². The van der Waals surface area contributed by atoms with Gasteiger partial charge in [-0.1, -0.05) is 46.7 Å². The topological polar surface area (TPSA) is 239 Å². The van der Waals surface area contributed by atoms with Crippen LogP contribution in [0.5, 0.6) is 0 Å². The first-order chi connectivity index (χ1) is 34.1. The van der Waals surface area contributed by atoms with E-state index in [9.17, 15) is 27.2 Å². The van der Waals surface area contributed by atoms with Crippen LogP contribution in [0.25, 0.3) is 45.8 Å². The maximum absolute atomic E-state index is 14.4. The van der Waals surface area contributed by atoms with E-state index < -0.39 is 23.6 Å². The molecule has 1 saturated heterocycles. The Morgan fingerprint density at radius 2 is 1.16 bits per heavy atom. The highest BCUT2D eigenvalue weighted by atomic mass is 19.1. The summed E-state index contributed by atoms with van der Waals surface area (Å²) < 4.78 is 80.5. The number of hydrogen-bond acceptors (Lipinski definition) is 17. The lowest BCUT2D eigenvalue weighted by molar-refractivity contribution is -0.144. The zero-order chi connectivity index (χ0) is 48.8. The zero-order valence-electron chi connectivity index (χ0n) is 37.1. The number of nitrogens with one attached hydrogen (secondary N) is 2. The predicted octanol–water partition coefficient (Wildman–Crippen LogP) is 6.21. The minimum Gasteiger partial charge on any atom is -0.481 e. The highest BCUT2D eigenvalue weighted by Gasteiger charge is 2.21. The van der Waals surface area contributed by atoms with E-state index in [1.807, 2.05) is 0 Å². The molecule has 0 saturated carbocycles. The molecule has 7 heterocycles. The largest absolute Gasteiger partial charge is 0.481 e. The van der Waals surface area contributed by atoms with Gasteiger partial charge in [-0.25, -0.2) is 37.5 Å². The number of benzene rings is 2. The number of rotatable bonds is 19. The van der Waals surface area contributed by atoms with Crippen molar-refractivity contribution in [2.75, 3.05) is 63.2 Å². The summed E-state index contributed by atoms with van der Waals surface area (Å²) in [6.45, 7) is 4.26. The summed E-state index contributed by atoms with van der Waals surface area (Å²) in [6, 6.07) is 19.3. The number of aromatic nitrogens is 10. The molecule has 70 heavy (non-hydrogen) atoms. The van der Waals surface area contributed by atoms with Crippen LogP contribution in [-0.2, 0) is 32.2 Å². The van der Waals surface area contributed by atoms with Gasteiger partial charge in [0.2, 0.25) is 0 Å². The molecule has 24 heteroatoms. The first-order valence-corrected chi connectivity index (χ1v) is 21.7. The Morgan fingerprint density at radius 1 is 0.657 bits per heavy atom. The summed E-state index contributed by atoms with van der Waals surface area (Å²) in [7, 11) is 0. The van der Waals surface area contributed by atoms with Crippen molar-refractivity contribution in [2.24, 2.45) is 0 Å². The van der Waals surface area contributed by atoms with Gasteiger partial charge < -0.3 is 34.3 Å². The molecule has 3 N–H and O–H groups in total. The van der Waals surface area contributed by atoms with Crippen LogP contribution in [0.1, 0.15) is 24.0 Å². The number of hydrogen-bond donors (Lipinski definition) is 3. The summed E-state index contributed by atoms with van der Waals surface area (Å²) in [5, 5.41) is 31.0.